The lowest BCUT2D eigenvalue weighted by atomic mass is 9.80. The summed E-state index contributed by atoms with van der Waals surface area (Å²) >= 11 is 0. The number of nitrogens with one attached hydrogen (secondary N) is 2. The number of hydrogen-bond donors (Lipinski definition) is 2. The lowest BCUT2D eigenvalue weighted by Gasteiger charge is -2.42. The summed E-state index contributed by atoms with van der Waals surface area (Å²) in [6.45, 7) is 2.89. The predicted octanol–water partition coefficient (Wildman–Crippen LogP) is 3.16. The number of amides is 3. The first kappa shape index (κ1) is 18.9. The summed E-state index contributed by atoms with van der Waals surface area (Å²) < 4.78 is 13.7. The summed E-state index contributed by atoms with van der Waals surface area (Å²) in [4.78, 5) is 26.0. The normalized spacial score (nSPS) is 15.9. The number of nitrogens with zero attached hydrogens (tertiary/aromatic N) is 1. The van der Waals surface area contributed by atoms with Crippen LogP contribution in [-0.4, -0.2) is 29.9 Å². The Morgan fingerprint density at radius 1 is 1.07 bits per heavy atom. The third-order valence-electron chi connectivity index (χ3n) is 4.98. The third kappa shape index (κ3) is 4.64. The minimum atomic E-state index is -0.649. The van der Waals surface area contributed by atoms with E-state index in [2.05, 4.69) is 10.6 Å². The molecular weight excluding hydrogens is 345 g/mol. The van der Waals surface area contributed by atoms with Gasteiger partial charge in [0.05, 0.1) is 5.54 Å². The highest BCUT2D eigenvalue weighted by Crippen LogP contribution is 2.33. The molecule has 0 unspecified atom stereocenters. The molecule has 2 N–H and O–H groups in total. The van der Waals surface area contributed by atoms with Crippen LogP contribution in [-0.2, 0) is 16.9 Å². The zero-order chi connectivity index (χ0) is 19.3. The SMILES string of the molecule is CC(=O)NC1(c2cccc(F)c2)CCN(C(=O)NCc2ccccc2)CC1. The molecular formula is C21H24FN3O2. The van der Waals surface area contributed by atoms with Crippen molar-refractivity contribution in [3.63, 3.8) is 0 Å². The van der Waals surface area contributed by atoms with Crippen LogP contribution in [0.15, 0.2) is 54.6 Å². The zero-order valence-corrected chi connectivity index (χ0v) is 15.4. The molecule has 2 aromatic rings. The van der Waals surface area contributed by atoms with Gasteiger partial charge in [-0.2, -0.15) is 0 Å². The first-order chi connectivity index (χ1) is 13.0. The molecule has 0 aliphatic carbocycles. The van der Waals surface area contributed by atoms with E-state index >= 15 is 0 Å². The van der Waals surface area contributed by atoms with Crippen LogP contribution in [0.25, 0.3) is 0 Å². The van der Waals surface area contributed by atoms with Gasteiger partial charge in [-0.25, -0.2) is 9.18 Å². The maximum Gasteiger partial charge on any atom is 0.317 e. The fourth-order valence-corrected chi connectivity index (χ4v) is 3.59. The summed E-state index contributed by atoms with van der Waals surface area (Å²) in [6, 6.07) is 15.9. The molecule has 1 aliphatic rings. The van der Waals surface area contributed by atoms with Gasteiger partial charge in [0.1, 0.15) is 5.82 Å². The van der Waals surface area contributed by atoms with Crippen molar-refractivity contribution in [1.29, 1.82) is 0 Å². The second-order valence-electron chi connectivity index (χ2n) is 6.90. The number of urea groups is 1. The van der Waals surface area contributed by atoms with E-state index in [4.69, 9.17) is 0 Å². The van der Waals surface area contributed by atoms with Crippen molar-refractivity contribution in [3.8, 4) is 0 Å². The molecule has 0 bridgehead atoms. The average Bonchev–Trinajstić information content (AvgIpc) is 2.67. The van der Waals surface area contributed by atoms with Crippen molar-refractivity contribution in [3.05, 3.63) is 71.5 Å². The van der Waals surface area contributed by atoms with Crippen LogP contribution in [0.1, 0.15) is 30.9 Å². The molecule has 1 fully saturated rings. The van der Waals surface area contributed by atoms with Crippen molar-refractivity contribution < 1.29 is 14.0 Å². The maximum absolute atomic E-state index is 13.7. The summed E-state index contributed by atoms with van der Waals surface area (Å²) in [5.41, 5.74) is 1.13. The van der Waals surface area contributed by atoms with E-state index < -0.39 is 5.54 Å². The fourth-order valence-electron chi connectivity index (χ4n) is 3.59. The first-order valence-electron chi connectivity index (χ1n) is 9.10. The number of likely N-dealkylation sites (tertiary alicyclic amines) is 1. The molecule has 1 heterocycles. The van der Waals surface area contributed by atoms with Gasteiger partial charge < -0.3 is 15.5 Å². The van der Waals surface area contributed by atoms with E-state index in [0.717, 1.165) is 11.1 Å². The Labute approximate surface area is 158 Å². The van der Waals surface area contributed by atoms with Crippen molar-refractivity contribution in [1.82, 2.24) is 15.5 Å². The molecule has 0 saturated carbocycles. The number of carbonyl (C=O) groups is 2. The quantitative estimate of drug-likeness (QED) is 0.870. The predicted molar refractivity (Wildman–Crippen MR) is 101 cm³/mol. The first-order valence-corrected chi connectivity index (χ1v) is 9.10. The second kappa shape index (κ2) is 8.20. The van der Waals surface area contributed by atoms with Gasteiger partial charge in [0, 0.05) is 26.6 Å². The molecule has 0 aromatic heterocycles. The molecule has 3 rings (SSSR count). The fraction of sp³-hybridized carbons (Fsp3) is 0.333. The summed E-state index contributed by atoms with van der Waals surface area (Å²) in [5.74, 6) is -0.499. The topological polar surface area (TPSA) is 61.4 Å². The monoisotopic (exact) mass is 369 g/mol. The van der Waals surface area contributed by atoms with Gasteiger partial charge in [0.2, 0.25) is 5.91 Å². The lowest BCUT2D eigenvalue weighted by molar-refractivity contribution is -0.121. The molecule has 5 nitrogen and oxygen atoms in total. The van der Waals surface area contributed by atoms with Gasteiger partial charge in [-0.15, -0.1) is 0 Å². The number of benzene rings is 2. The van der Waals surface area contributed by atoms with Crippen LogP contribution in [0.2, 0.25) is 0 Å². The number of piperidine rings is 1. The molecule has 142 valence electrons. The Morgan fingerprint density at radius 2 is 1.78 bits per heavy atom. The van der Waals surface area contributed by atoms with E-state index in [0.29, 0.717) is 32.5 Å². The highest BCUT2D eigenvalue weighted by atomic mass is 19.1. The molecule has 27 heavy (non-hydrogen) atoms. The highest BCUT2D eigenvalue weighted by Gasteiger charge is 2.38. The molecule has 1 saturated heterocycles. The van der Waals surface area contributed by atoms with E-state index in [1.54, 1.807) is 11.0 Å². The van der Waals surface area contributed by atoms with Crippen LogP contribution in [0, 0.1) is 5.82 Å². The molecule has 3 amide bonds. The van der Waals surface area contributed by atoms with Gasteiger partial charge in [0.15, 0.2) is 0 Å². The average molecular weight is 369 g/mol. The standard InChI is InChI=1S/C21H24FN3O2/c1-16(26)24-21(18-8-5-9-19(22)14-18)10-12-25(13-11-21)20(27)23-15-17-6-3-2-4-7-17/h2-9,14H,10-13,15H2,1H3,(H,23,27)(H,24,26). The van der Waals surface area contributed by atoms with Crippen molar-refractivity contribution in [2.45, 2.75) is 31.8 Å². The minimum absolute atomic E-state index is 0.130. The Bertz CT molecular complexity index is 802. The summed E-state index contributed by atoms with van der Waals surface area (Å²) in [6.07, 6.45) is 1.07. The molecule has 0 radical (unpaired) electrons. The molecule has 6 heteroatoms. The Balaban J connectivity index is 1.65. The minimum Gasteiger partial charge on any atom is -0.347 e. The Hall–Kier alpha value is -2.89. The van der Waals surface area contributed by atoms with Crippen molar-refractivity contribution in [2.24, 2.45) is 0 Å². The van der Waals surface area contributed by atoms with E-state index in [1.165, 1.54) is 19.1 Å². The maximum atomic E-state index is 13.7. The summed E-state index contributed by atoms with van der Waals surface area (Å²) in [5, 5.41) is 5.92. The van der Waals surface area contributed by atoms with Crippen LogP contribution in [0.3, 0.4) is 0 Å². The molecule has 0 spiro atoms. The van der Waals surface area contributed by atoms with Gasteiger partial charge >= 0.3 is 6.03 Å². The number of carbonyl (C=O) groups excluding carboxylic acids is 2. The van der Waals surface area contributed by atoms with E-state index in [9.17, 15) is 14.0 Å². The van der Waals surface area contributed by atoms with Gasteiger partial charge in [-0.1, -0.05) is 42.5 Å². The van der Waals surface area contributed by atoms with Crippen LogP contribution >= 0.6 is 0 Å². The Kier molecular flexibility index (Phi) is 5.74. The highest BCUT2D eigenvalue weighted by molar-refractivity contribution is 5.75. The van der Waals surface area contributed by atoms with Crippen LogP contribution in [0.5, 0.6) is 0 Å². The number of halogens is 1. The van der Waals surface area contributed by atoms with Gasteiger partial charge in [0.25, 0.3) is 0 Å². The molecule has 1 aliphatic heterocycles. The molecule has 2 aromatic carbocycles. The molecule has 0 atom stereocenters. The van der Waals surface area contributed by atoms with Crippen LogP contribution in [0.4, 0.5) is 9.18 Å². The van der Waals surface area contributed by atoms with Crippen molar-refractivity contribution in [2.75, 3.05) is 13.1 Å². The smallest absolute Gasteiger partial charge is 0.317 e. The van der Waals surface area contributed by atoms with E-state index in [-0.39, 0.29) is 17.8 Å². The van der Waals surface area contributed by atoms with E-state index in [1.807, 2.05) is 36.4 Å². The van der Waals surface area contributed by atoms with Crippen molar-refractivity contribution >= 4 is 11.9 Å². The van der Waals surface area contributed by atoms with Crippen LogP contribution < -0.4 is 10.6 Å². The lowest BCUT2D eigenvalue weighted by Crippen LogP contribution is -2.55. The largest absolute Gasteiger partial charge is 0.347 e. The third-order valence-corrected chi connectivity index (χ3v) is 4.98. The Morgan fingerprint density at radius 3 is 2.41 bits per heavy atom. The van der Waals surface area contributed by atoms with Gasteiger partial charge in [-0.3, -0.25) is 4.79 Å². The summed E-state index contributed by atoms with van der Waals surface area (Å²) in [7, 11) is 0. The second-order valence-corrected chi connectivity index (χ2v) is 6.90. The number of hydrogen-bond acceptors (Lipinski definition) is 2. The zero-order valence-electron chi connectivity index (χ0n) is 15.4. The number of rotatable bonds is 4. The van der Waals surface area contributed by atoms with Gasteiger partial charge in [-0.05, 0) is 36.1 Å².